The summed E-state index contributed by atoms with van der Waals surface area (Å²) < 4.78 is 37.9. The SMILES string of the molecule is COc1cc(CO)ccc1S(=O)(=O)NC1CCOC1C. The zero-order valence-electron chi connectivity index (χ0n) is 11.5. The van der Waals surface area contributed by atoms with E-state index >= 15 is 0 Å². The zero-order chi connectivity index (χ0) is 14.8. The van der Waals surface area contributed by atoms with Gasteiger partial charge >= 0.3 is 0 Å². The summed E-state index contributed by atoms with van der Waals surface area (Å²) in [5.41, 5.74) is 0.596. The van der Waals surface area contributed by atoms with Gasteiger partial charge in [-0.05, 0) is 31.0 Å². The highest BCUT2D eigenvalue weighted by molar-refractivity contribution is 7.89. The monoisotopic (exact) mass is 301 g/mol. The predicted molar refractivity (Wildman–Crippen MR) is 73.1 cm³/mol. The molecule has 0 aromatic heterocycles. The number of hydrogen-bond donors (Lipinski definition) is 2. The van der Waals surface area contributed by atoms with Gasteiger partial charge in [0.1, 0.15) is 10.6 Å². The van der Waals surface area contributed by atoms with Gasteiger partial charge in [0.15, 0.2) is 0 Å². The van der Waals surface area contributed by atoms with Crippen LogP contribution in [-0.2, 0) is 21.4 Å². The van der Waals surface area contributed by atoms with Crippen LogP contribution in [0.3, 0.4) is 0 Å². The molecule has 0 spiro atoms. The molecule has 112 valence electrons. The summed E-state index contributed by atoms with van der Waals surface area (Å²) in [6, 6.07) is 4.28. The predicted octanol–water partition coefficient (Wildman–Crippen LogP) is 0.643. The number of hydrogen-bond acceptors (Lipinski definition) is 5. The number of methoxy groups -OCH3 is 1. The second kappa shape index (κ2) is 6.09. The lowest BCUT2D eigenvalue weighted by Crippen LogP contribution is -2.39. The van der Waals surface area contributed by atoms with Crippen molar-refractivity contribution < 1.29 is 23.0 Å². The number of sulfonamides is 1. The van der Waals surface area contributed by atoms with E-state index < -0.39 is 10.0 Å². The van der Waals surface area contributed by atoms with Gasteiger partial charge in [-0.25, -0.2) is 13.1 Å². The van der Waals surface area contributed by atoms with Crippen LogP contribution in [0.2, 0.25) is 0 Å². The summed E-state index contributed by atoms with van der Waals surface area (Å²) in [4.78, 5) is 0.0660. The van der Waals surface area contributed by atoms with Gasteiger partial charge in [0, 0.05) is 6.61 Å². The van der Waals surface area contributed by atoms with Crippen LogP contribution in [0.4, 0.5) is 0 Å². The summed E-state index contributed by atoms with van der Waals surface area (Å²) in [5.74, 6) is 0.218. The topological polar surface area (TPSA) is 84.9 Å². The fraction of sp³-hybridized carbons (Fsp3) is 0.538. The molecule has 2 atom stereocenters. The van der Waals surface area contributed by atoms with Crippen LogP contribution in [0.15, 0.2) is 23.1 Å². The maximum absolute atomic E-state index is 12.4. The van der Waals surface area contributed by atoms with Crippen LogP contribution in [0, 0.1) is 0 Å². The Morgan fingerprint density at radius 1 is 1.50 bits per heavy atom. The van der Waals surface area contributed by atoms with Gasteiger partial charge in [-0.1, -0.05) is 6.07 Å². The molecule has 0 amide bonds. The quantitative estimate of drug-likeness (QED) is 0.834. The molecule has 0 aliphatic carbocycles. The van der Waals surface area contributed by atoms with Crippen LogP contribution in [0.25, 0.3) is 0 Å². The van der Waals surface area contributed by atoms with E-state index in [0.29, 0.717) is 18.6 Å². The third kappa shape index (κ3) is 3.12. The van der Waals surface area contributed by atoms with Crippen molar-refractivity contribution in [1.82, 2.24) is 4.72 Å². The van der Waals surface area contributed by atoms with Crippen LogP contribution in [0.1, 0.15) is 18.9 Å². The van der Waals surface area contributed by atoms with Crippen LogP contribution < -0.4 is 9.46 Å². The lowest BCUT2D eigenvalue weighted by atomic mass is 10.2. The lowest BCUT2D eigenvalue weighted by molar-refractivity contribution is 0.117. The molecule has 1 saturated heterocycles. The minimum absolute atomic E-state index is 0.0660. The first-order valence-corrected chi connectivity index (χ1v) is 7.88. The van der Waals surface area contributed by atoms with E-state index in [-0.39, 0.29) is 29.4 Å². The molecule has 2 unspecified atom stereocenters. The van der Waals surface area contributed by atoms with Crippen molar-refractivity contribution in [2.75, 3.05) is 13.7 Å². The van der Waals surface area contributed by atoms with Gasteiger partial charge < -0.3 is 14.6 Å². The Kier molecular flexibility index (Phi) is 4.64. The zero-order valence-corrected chi connectivity index (χ0v) is 12.3. The van der Waals surface area contributed by atoms with Gasteiger partial charge in [-0.3, -0.25) is 0 Å². The summed E-state index contributed by atoms with van der Waals surface area (Å²) in [7, 11) is -2.28. The molecule has 2 rings (SSSR count). The number of benzene rings is 1. The van der Waals surface area contributed by atoms with Crippen molar-refractivity contribution in [3.8, 4) is 5.75 Å². The molecule has 1 aliphatic rings. The van der Waals surface area contributed by atoms with Gasteiger partial charge in [0.2, 0.25) is 10.0 Å². The Morgan fingerprint density at radius 2 is 2.25 bits per heavy atom. The molecule has 1 aromatic rings. The molecule has 1 aromatic carbocycles. The van der Waals surface area contributed by atoms with Crippen molar-refractivity contribution in [2.45, 2.75) is 37.0 Å². The molecule has 1 fully saturated rings. The van der Waals surface area contributed by atoms with Crippen LogP contribution in [0.5, 0.6) is 5.75 Å². The normalized spacial score (nSPS) is 22.9. The van der Waals surface area contributed by atoms with Crippen molar-refractivity contribution in [2.24, 2.45) is 0 Å². The molecule has 20 heavy (non-hydrogen) atoms. The number of nitrogens with one attached hydrogen (secondary N) is 1. The minimum Gasteiger partial charge on any atom is -0.495 e. The number of aliphatic hydroxyl groups excluding tert-OH is 1. The standard InChI is InChI=1S/C13H19NO5S/c1-9-11(5-6-19-9)14-20(16,17)13-4-3-10(8-15)7-12(13)18-2/h3-4,7,9,11,14-15H,5-6,8H2,1-2H3. The number of rotatable bonds is 5. The van der Waals surface area contributed by atoms with Gasteiger partial charge in [-0.15, -0.1) is 0 Å². The molecule has 6 nitrogen and oxygen atoms in total. The lowest BCUT2D eigenvalue weighted by Gasteiger charge is -2.17. The molecule has 7 heteroatoms. The summed E-state index contributed by atoms with van der Waals surface area (Å²) in [5, 5.41) is 9.08. The number of aliphatic hydroxyl groups is 1. The Hall–Kier alpha value is -1.15. The highest BCUT2D eigenvalue weighted by Crippen LogP contribution is 2.26. The van der Waals surface area contributed by atoms with Gasteiger partial charge in [0.05, 0.1) is 25.9 Å². The highest BCUT2D eigenvalue weighted by Gasteiger charge is 2.30. The van der Waals surface area contributed by atoms with Crippen molar-refractivity contribution in [3.63, 3.8) is 0 Å². The molecule has 0 radical (unpaired) electrons. The first-order chi connectivity index (χ1) is 9.47. The maximum atomic E-state index is 12.4. The van der Waals surface area contributed by atoms with Crippen molar-refractivity contribution in [3.05, 3.63) is 23.8 Å². The first kappa shape index (κ1) is 15.2. The van der Waals surface area contributed by atoms with E-state index in [1.54, 1.807) is 6.07 Å². The third-order valence-corrected chi connectivity index (χ3v) is 4.91. The summed E-state index contributed by atoms with van der Waals surface area (Å²) in [6.07, 6.45) is 0.504. The van der Waals surface area contributed by atoms with Gasteiger partial charge in [0.25, 0.3) is 0 Å². The van der Waals surface area contributed by atoms with Crippen LogP contribution >= 0.6 is 0 Å². The molecular formula is C13H19NO5S. The third-order valence-electron chi connectivity index (χ3n) is 3.38. The highest BCUT2D eigenvalue weighted by atomic mass is 32.2. The van der Waals surface area contributed by atoms with Crippen molar-refractivity contribution in [1.29, 1.82) is 0 Å². The number of ether oxygens (including phenoxy) is 2. The second-order valence-corrected chi connectivity index (χ2v) is 6.42. The molecule has 0 saturated carbocycles. The Bertz CT molecular complexity index is 572. The summed E-state index contributed by atoms with van der Waals surface area (Å²) in [6.45, 7) is 2.22. The van der Waals surface area contributed by atoms with E-state index in [2.05, 4.69) is 4.72 Å². The molecule has 1 heterocycles. The molecule has 0 bridgehead atoms. The van der Waals surface area contributed by atoms with Gasteiger partial charge in [-0.2, -0.15) is 0 Å². The Labute approximate surface area is 118 Å². The maximum Gasteiger partial charge on any atom is 0.244 e. The smallest absolute Gasteiger partial charge is 0.244 e. The second-order valence-electron chi connectivity index (χ2n) is 4.74. The molecule has 1 aliphatic heterocycles. The van der Waals surface area contributed by atoms with E-state index in [0.717, 1.165) is 0 Å². The fourth-order valence-corrected chi connectivity index (χ4v) is 3.67. The van der Waals surface area contributed by atoms with E-state index in [9.17, 15) is 8.42 Å². The van der Waals surface area contributed by atoms with E-state index in [1.807, 2.05) is 6.92 Å². The Balaban J connectivity index is 2.29. The molecule has 2 N–H and O–H groups in total. The fourth-order valence-electron chi connectivity index (χ4n) is 2.18. The average Bonchev–Trinajstić information content (AvgIpc) is 2.82. The average molecular weight is 301 g/mol. The van der Waals surface area contributed by atoms with Crippen LogP contribution in [-0.4, -0.2) is 39.4 Å². The largest absolute Gasteiger partial charge is 0.495 e. The minimum atomic E-state index is -3.68. The first-order valence-electron chi connectivity index (χ1n) is 6.39. The van der Waals surface area contributed by atoms with E-state index in [1.165, 1.54) is 19.2 Å². The summed E-state index contributed by atoms with van der Waals surface area (Å²) >= 11 is 0. The molecular weight excluding hydrogens is 282 g/mol. The Morgan fingerprint density at radius 3 is 2.80 bits per heavy atom. The van der Waals surface area contributed by atoms with E-state index in [4.69, 9.17) is 14.6 Å². The van der Waals surface area contributed by atoms with Crippen molar-refractivity contribution >= 4 is 10.0 Å².